The quantitative estimate of drug-likeness (QED) is 0.772. The largest absolute Gasteiger partial charge is 0.480 e. The topological polar surface area (TPSA) is 78.4 Å². The molecule has 0 fully saturated rings. The van der Waals surface area contributed by atoms with Gasteiger partial charge < -0.3 is 15.7 Å². The molecule has 0 aliphatic heterocycles. The molecule has 1 atom stereocenters. The molecule has 0 radical (unpaired) electrons. The second kappa shape index (κ2) is 6.38. The van der Waals surface area contributed by atoms with Gasteiger partial charge in [0.05, 0.1) is 0 Å². The van der Waals surface area contributed by atoms with Gasteiger partial charge in [-0.3, -0.25) is 9.59 Å². The monoisotopic (exact) mass is 290 g/mol. The van der Waals surface area contributed by atoms with Crippen LogP contribution in [0.5, 0.6) is 0 Å². The highest BCUT2D eigenvalue weighted by Gasteiger charge is 2.38. The first-order valence-electron chi connectivity index (χ1n) is 5.63. The Morgan fingerprint density at radius 3 is 2.55 bits per heavy atom. The molecule has 1 rings (SSSR count). The van der Waals surface area contributed by atoms with Gasteiger partial charge in [-0.05, 0) is 24.6 Å². The Bertz CT molecular complexity index is 503. The average Bonchev–Trinajstić information content (AvgIpc) is 2.35. The van der Waals surface area contributed by atoms with E-state index < -0.39 is 24.1 Å². The van der Waals surface area contributed by atoms with E-state index in [1.807, 2.05) is 0 Å². The standard InChI is InChI=1S/C12H13F3N2O3/c1-7(10(18)19)16-6-8-3-2-4-9(5-8)17-11(20)12(13,14)15/h2-5,7,16H,6H2,1H3,(H,17,20)(H,18,19). The lowest BCUT2D eigenvalue weighted by atomic mass is 10.2. The number of nitrogens with one attached hydrogen (secondary N) is 2. The van der Waals surface area contributed by atoms with Crippen LogP contribution in [0.25, 0.3) is 0 Å². The maximum Gasteiger partial charge on any atom is 0.471 e. The second-order valence-electron chi connectivity index (χ2n) is 4.09. The zero-order valence-electron chi connectivity index (χ0n) is 10.5. The molecule has 1 amide bonds. The number of rotatable bonds is 5. The van der Waals surface area contributed by atoms with E-state index in [2.05, 4.69) is 5.32 Å². The summed E-state index contributed by atoms with van der Waals surface area (Å²) in [6, 6.07) is 4.93. The predicted octanol–water partition coefficient (Wildman–Crippen LogP) is 1.75. The van der Waals surface area contributed by atoms with E-state index in [1.54, 1.807) is 11.4 Å². The molecule has 0 aromatic heterocycles. The summed E-state index contributed by atoms with van der Waals surface area (Å²) in [4.78, 5) is 21.4. The van der Waals surface area contributed by atoms with Crippen molar-refractivity contribution in [2.24, 2.45) is 0 Å². The Kier molecular flexibility index (Phi) is 5.09. The predicted molar refractivity (Wildman–Crippen MR) is 65.1 cm³/mol. The summed E-state index contributed by atoms with van der Waals surface area (Å²) in [6.45, 7) is 1.60. The van der Waals surface area contributed by atoms with Crippen LogP contribution in [0.15, 0.2) is 24.3 Å². The molecular weight excluding hydrogens is 277 g/mol. The number of carbonyl (C=O) groups excluding carboxylic acids is 1. The zero-order valence-corrected chi connectivity index (χ0v) is 10.5. The van der Waals surface area contributed by atoms with E-state index in [0.717, 1.165) is 0 Å². The number of carboxylic acids is 1. The highest BCUT2D eigenvalue weighted by Crippen LogP contribution is 2.18. The molecule has 1 aromatic rings. The second-order valence-corrected chi connectivity index (χ2v) is 4.09. The van der Waals surface area contributed by atoms with Crippen molar-refractivity contribution in [2.75, 3.05) is 5.32 Å². The smallest absolute Gasteiger partial charge is 0.471 e. The first-order chi connectivity index (χ1) is 9.20. The van der Waals surface area contributed by atoms with E-state index in [0.29, 0.717) is 5.56 Å². The summed E-state index contributed by atoms with van der Waals surface area (Å²) in [5.41, 5.74) is 0.549. The molecule has 110 valence electrons. The third-order valence-electron chi connectivity index (χ3n) is 2.43. The van der Waals surface area contributed by atoms with Gasteiger partial charge in [-0.1, -0.05) is 12.1 Å². The number of carbonyl (C=O) groups is 2. The maximum atomic E-state index is 12.1. The van der Waals surface area contributed by atoms with Gasteiger partial charge in [-0.2, -0.15) is 13.2 Å². The van der Waals surface area contributed by atoms with Crippen molar-refractivity contribution >= 4 is 17.6 Å². The zero-order chi connectivity index (χ0) is 15.3. The molecular formula is C12H13F3N2O3. The van der Waals surface area contributed by atoms with Gasteiger partial charge in [0.15, 0.2) is 0 Å². The average molecular weight is 290 g/mol. The number of alkyl halides is 3. The molecule has 0 spiro atoms. The minimum atomic E-state index is -4.95. The van der Waals surface area contributed by atoms with Crippen LogP contribution in [0.3, 0.4) is 0 Å². The lowest BCUT2D eigenvalue weighted by molar-refractivity contribution is -0.167. The lowest BCUT2D eigenvalue weighted by Crippen LogP contribution is -2.33. The molecule has 20 heavy (non-hydrogen) atoms. The fraction of sp³-hybridized carbons (Fsp3) is 0.333. The minimum absolute atomic E-state index is 0.00500. The normalized spacial score (nSPS) is 12.8. The van der Waals surface area contributed by atoms with Crippen molar-refractivity contribution in [1.29, 1.82) is 0 Å². The first-order valence-corrected chi connectivity index (χ1v) is 5.63. The van der Waals surface area contributed by atoms with Gasteiger partial charge in [-0.25, -0.2) is 0 Å². The Hall–Kier alpha value is -2.09. The van der Waals surface area contributed by atoms with Crippen molar-refractivity contribution < 1.29 is 27.9 Å². The van der Waals surface area contributed by atoms with E-state index >= 15 is 0 Å². The van der Waals surface area contributed by atoms with Crippen molar-refractivity contribution in [1.82, 2.24) is 5.32 Å². The number of carboxylic acid groups (broad SMARTS) is 1. The fourth-order valence-corrected chi connectivity index (χ4v) is 1.32. The van der Waals surface area contributed by atoms with Crippen LogP contribution in [0.4, 0.5) is 18.9 Å². The van der Waals surface area contributed by atoms with Crippen molar-refractivity contribution in [3.8, 4) is 0 Å². The molecule has 0 aliphatic carbocycles. The molecule has 0 saturated carbocycles. The third-order valence-corrected chi connectivity index (χ3v) is 2.43. The molecule has 1 aromatic carbocycles. The van der Waals surface area contributed by atoms with Crippen molar-refractivity contribution in [2.45, 2.75) is 25.7 Å². The van der Waals surface area contributed by atoms with Crippen molar-refractivity contribution in [3.63, 3.8) is 0 Å². The van der Waals surface area contributed by atoms with Gasteiger partial charge in [0.1, 0.15) is 6.04 Å². The summed E-state index contributed by atoms with van der Waals surface area (Å²) >= 11 is 0. The number of hydrogen-bond donors (Lipinski definition) is 3. The van der Waals surface area contributed by atoms with Gasteiger partial charge >= 0.3 is 18.1 Å². The number of amides is 1. The summed E-state index contributed by atoms with van der Waals surface area (Å²) in [5.74, 6) is -3.09. The molecule has 0 heterocycles. The Morgan fingerprint density at radius 1 is 1.35 bits per heavy atom. The van der Waals surface area contributed by atoms with Gasteiger partial charge in [-0.15, -0.1) is 0 Å². The van der Waals surface area contributed by atoms with Crippen molar-refractivity contribution in [3.05, 3.63) is 29.8 Å². The van der Waals surface area contributed by atoms with Gasteiger partial charge in [0.25, 0.3) is 0 Å². The van der Waals surface area contributed by atoms with Crippen LogP contribution >= 0.6 is 0 Å². The van der Waals surface area contributed by atoms with Crippen LogP contribution in [0.2, 0.25) is 0 Å². The number of hydrogen-bond acceptors (Lipinski definition) is 3. The van der Waals surface area contributed by atoms with Crippen LogP contribution in [-0.2, 0) is 16.1 Å². The summed E-state index contributed by atoms with van der Waals surface area (Å²) < 4.78 is 36.3. The van der Waals surface area contributed by atoms with E-state index in [1.165, 1.54) is 25.1 Å². The SMILES string of the molecule is CC(NCc1cccc(NC(=O)C(F)(F)F)c1)C(=O)O. The maximum absolute atomic E-state index is 12.1. The van der Waals surface area contributed by atoms with Crippen LogP contribution < -0.4 is 10.6 Å². The minimum Gasteiger partial charge on any atom is -0.480 e. The number of anilines is 1. The Labute approximate surface area is 112 Å². The first kappa shape index (κ1) is 16.0. The van der Waals surface area contributed by atoms with E-state index in [4.69, 9.17) is 5.11 Å². The molecule has 3 N–H and O–H groups in total. The molecule has 5 nitrogen and oxygen atoms in total. The molecule has 0 saturated heterocycles. The summed E-state index contributed by atoms with van der Waals surface area (Å²) in [5, 5.41) is 13.1. The lowest BCUT2D eigenvalue weighted by Gasteiger charge is -2.11. The highest BCUT2D eigenvalue weighted by atomic mass is 19.4. The van der Waals surface area contributed by atoms with E-state index in [9.17, 15) is 22.8 Å². The molecule has 1 unspecified atom stereocenters. The summed E-state index contributed by atoms with van der Waals surface area (Å²) in [7, 11) is 0. The number of aliphatic carboxylic acids is 1. The number of halogens is 3. The van der Waals surface area contributed by atoms with Gasteiger partial charge in [0, 0.05) is 12.2 Å². The highest BCUT2D eigenvalue weighted by molar-refractivity contribution is 5.94. The Morgan fingerprint density at radius 2 is 2.00 bits per heavy atom. The van der Waals surface area contributed by atoms with Gasteiger partial charge in [0.2, 0.25) is 0 Å². The molecule has 0 aliphatic rings. The van der Waals surface area contributed by atoms with Crippen LogP contribution in [-0.4, -0.2) is 29.2 Å². The fourth-order valence-electron chi connectivity index (χ4n) is 1.32. The summed E-state index contributed by atoms with van der Waals surface area (Å²) in [6.07, 6.45) is -4.95. The third kappa shape index (κ3) is 4.88. The number of benzene rings is 1. The molecule has 0 bridgehead atoms. The van der Waals surface area contributed by atoms with Crippen LogP contribution in [0.1, 0.15) is 12.5 Å². The van der Waals surface area contributed by atoms with Crippen LogP contribution in [0, 0.1) is 0 Å². The Balaban J connectivity index is 2.67. The molecule has 8 heteroatoms. The van der Waals surface area contributed by atoms with E-state index in [-0.39, 0.29) is 12.2 Å².